The third-order valence-corrected chi connectivity index (χ3v) is 4.66. The number of thiazole rings is 1. The van der Waals surface area contributed by atoms with Gasteiger partial charge in [-0.1, -0.05) is 6.07 Å². The second-order valence-corrected chi connectivity index (χ2v) is 6.28. The van der Waals surface area contributed by atoms with Crippen LogP contribution in [0.15, 0.2) is 24.4 Å². The average molecular weight is 297 g/mol. The van der Waals surface area contributed by atoms with Gasteiger partial charge in [-0.3, -0.25) is 5.10 Å². The number of nitrogens with zero attached hydrogens (tertiary/aromatic N) is 3. The Morgan fingerprint density at radius 1 is 1.24 bits per heavy atom. The number of aromatic nitrogens is 4. The highest BCUT2D eigenvalue weighted by atomic mass is 32.1. The molecule has 106 valence electrons. The van der Waals surface area contributed by atoms with Gasteiger partial charge < -0.3 is 5.32 Å². The first-order chi connectivity index (χ1) is 10.3. The highest BCUT2D eigenvalue weighted by Gasteiger charge is 2.20. The predicted molar refractivity (Wildman–Crippen MR) is 84.0 cm³/mol. The molecule has 0 aliphatic heterocycles. The van der Waals surface area contributed by atoms with Crippen LogP contribution in [-0.4, -0.2) is 20.2 Å². The fourth-order valence-corrected chi connectivity index (χ4v) is 3.67. The normalized spacial score (nSPS) is 13.4. The van der Waals surface area contributed by atoms with Crippen molar-refractivity contribution >= 4 is 22.3 Å². The van der Waals surface area contributed by atoms with Gasteiger partial charge in [-0.15, -0.1) is 11.3 Å². The smallest absolute Gasteiger partial charge is 0.189 e. The molecule has 0 atom stereocenters. The summed E-state index contributed by atoms with van der Waals surface area (Å²) >= 11 is 1.71. The Morgan fingerprint density at radius 3 is 3.10 bits per heavy atom. The van der Waals surface area contributed by atoms with E-state index < -0.39 is 0 Å². The molecule has 2 N–H and O–H groups in total. The predicted octanol–water partition coefficient (Wildman–Crippen LogP) is 3.47. The lowest BCUT2D eigenvalue weighted by Gasteiger charge is -2.02. The summed E-state index contributed by atoms with van der Waals surface area (Å²) in [6.07, 6.45) is 5.12. The summed E-state index contributed by atoms with van der Waals surface area (Å²) in [6, 6.07) is 5.94. The number of rotatable bonds is 2. The zero-order valence-electron chi connectivity index (χ0n) is 11.7. The van der Waals surface area contributed by atoms with E-state index in [0.717, 1.165) is 47.2 Å². The van der Waals surface area contributed by atoms with Crippen molar-refractivity contribution < 1.29 is 0 Å². The van der Waals surface area contributed by atoms with Gasteiger partial charge in [-0.2, -0.15) is 5.10 Å². The number of fused-ring (bicyclic) bond motifs is 3. The fraction of sp³-hybridized carbons (Fsp3) is 0.267. The number of hydrogen-bond donors (Lipinski definition) is 2. The molecule has 6 heteroatoms. The molecule has 5 nitrogen and oxygen atoms in total. The molecule has 0 fully saturated rings. The van der Waals surface area contributed by atoms with Crippen LogP contribution in [0.3, 0.4) is 0 Å². The zero-order chi connectivity index (χ0) is 14.2. The maximum absolute atomic E-state index is 4.76. The van der Waals surface area contributed by atoms with Crippen LogP contribution in [-0.2, 0) is 12.8 Å². The number of pyridine rings is 1. The molecule has 0 aromatic carbocycles. The third-order valence-electron chi connectivity index (χ3n) is 3.62. The van der Waals surface area contributed by atoms with E-state index >= 15 is 0 Å². The van der Waals surface area contributed by atoms with Crippen LogP contribution in [0, 0.1) is 6.92 Å². The van der Waals surface area contributed by atoms with Gasteiger partial charge in [0.25, 0.3) is 0 Å². The van der Waals surface area contributed by atoms with Gasteiger partial charge >= 0.3 is 0 Å². The van der Waals surface area contributed by atoms with E-state index in [1.54, 1.807) is 11.3 Å². The standard InChI is InChI=1S/C15H15N5S/c1-9-4-2-7-13(17-9)18-15-19-14-10-8-16-20-11(10)5-3-6-12(14)21-15/h2,4,7-8H,3,5-6H2,1H3,(H,16,20)(H,17,18,19). The summed E-state index contributed by atoms with van der Waals surface area (Å²) in [5.41, 5.74) is 4.40. The van der Waals surface area contributed by atoms with E-state index in [-0.39, 0.29) is 0 Å². The minimum absolute atomic E-state index is 0.839. The van der Waals surface area contributed by atoms with E-state index in [4.69, 9.17) is 4.98 Å². The molecule has 0 saturated carbocycles. The first-order valence-electron chi connectivity index (χ1n) is 7.02. The fourth-order valence-electron chi connectivity index (χ4n) is 2.64. The Labute approximate surface area is 126 Å². The first kappa shape index (κ1) is 12.5. The largest absolute Gasteiger partial charge is 0.316 e. The number of hydrogen-bond acceptors (Lipinski definition) is 5. The zero-order valence-corrected chi connectivity index (χ0v) is 12.5. The van der Waals surface area contributed by atoms with Crippen molar-refractivity contribution in [2.75, 3.05) is 5.32 Å². The Kier molecular flexibility index (Phi) is 2.96. The summed E-state index contributed by atoms with van der Waals surface area (Å²) in [6.45, 7) is 1.99. The van der Waals surface area contributed by atoms with Crippen LogP contribution in [0.4, 0.5) is 10.9 Å². The van der Waals surface area contributed by atoms with Crippen molar-refractivity contribution in [2.45, 2.75) is 26.2 Å². The Bertz CT molecular complexity index is 789. The molecule has 4 rings (SSSR count). The maximum atomic E-state index is 4.76. The average Bonchev–Trinajstić information content (AvgIpc) is 3.03. The monoisotopic (exact) mass is 297 g/mol. The quantitative estimate of drug-likeness (QED) is 0.760. The van der Waals surface area contributed by atoms with Crippen molar-refractivity contribution in [1.29, 1.82) is 0 Å². The van der Waals surface area contributed by atoms with Gasteiger partial charge in [-0.05, 0) is 38.3 Å². The molecule has 3 heterocycles. The van der Waals surface area contributed by atoms with Crippen LogP contribution in [0.1, 0.15) is 22.7 Å². The number of aromatic amines is 1. The molecule has 21 heavy (non-hydrogen) atoms. The molecule has 0 amide bonds. The van der Waals surface area contributed by atoms with Crippen LogP contribution >= 0.6 is 11.3 Å². The molecule has 3 aromatic heterocycles. The number of nitrogens with one attached hydrogen (secondary N) is 2. The molecular formula is C15H15N5S. The van der Waals surface area contributed by atoms with E-state index in [1.807, 2.05) is 31.3 Å². The molecule has 3 aromatic rings. The maximum Gasteiger partial charge on any atom is 0.189 e. The number of H-pyrrole nitrogens is 1. The second-order valence-electron chi connectivity index (χ2n) is 5.20. The molecule has 0 bridgehead atoms. The van der Waals surface area contributed by atoms with Crippen molar-refractivity contribution in [1.82, 2.24) is 20.2 Å². The molecule has 0 spiro atoms. The number of anilines is 2. The van der Waals surface area contributed by atoms with Gasteiger partial charge in [0, 0.05) is 21.8 Å². The number of aryl methyl sites for hydroxylation is 3. The van der Waals surface area contributed by atoms with E-state index in [0.29, 0.717) is 0 Å². The SMILES string of the molecule is Cc1cccc(Nc2nc3c(s2)CCCc2[nH]ncc2-3)n1. The summed E-state index contributed by atoms with van der Waals surface area (Å²) < 4.78 is 0. The summed E-state index contributed by atoms with van der Waals surface area (Å²) in [5.74, 6) is 0.839. The minimum atomic E-state index is 0.839. The molecule has 0 radical (unpaired) electrons. The Balaban J connectivity index is 1.70. The lowest BCUT2D eigenvalue weighted by molar-refractivity contribution is 0.811. The van der Waals surface area contributed by atoms with E-state index in [1.165, 1.54) is 10.6 Å². The summed E-state index contributed by atoms with van der Waals surface area (Å²) in [7, 11) is 0. The van der Waals surface area contributed by atoms with Crippen molar-refractivity contribution in [2.24, 2.45) is 0 Å². The summed E-state index contributed by atoms with van der Waals surface area (Å²) in [4.78, 5) is 10.5. The van der Waals surface area contributed by atoms with Crippen molar-refractivity contribution in [3.8, 4) is 11.3 Å². The Hall–Kier alpha value is -2.21. The summed E-state index contributed by atoms with van der Waals surface area (Å²) in [5, 5.41) is 11.4. The van der Waals surface area contributed by atoms with Crippen LogP contribution < -0.4 is 5.32 Å². The molecule has 0 saturated heterocycles. The molecule has 1 aliphatic carbocycles. The topological polar surface area (TPSA) is 66.5 Å². The van der Waals surface area contributed by atoms with E-state index in [2.05, 4.69) is 20.5 Å². The highest BCUT2D eigenvalue weighted by molar-refractivity contribution is 7.16. The highest BCUT2D eigenvalue weighted by Crippen LogP contribution is 2.37. The second kappa shape index (κ2) is 4.96. The lowest BCUT2D eigenvalue weighted by atomic mass is 10.2. The van der Waals surface area contributed by atoms with Gasteiger partial charge in [0.1, 0.15) is 5.82 Å². The Morgan fingerprint density at radius 2 is 2.19 bits per heavy atom. The van der Waals surface area contributed by atoms with Crippen LogP contribution in [0.5, 0.6) is 0 Å². The van der Waals surface area contributed by atoms with Crippen molar-refractivity contribution in [3.05, 3.63) is 40.7 Å². The third kappa shape index (κ3) is 2.31. The van der Waals surface area contributed by atoms with Crippen LogP contribution in [0.25, 0.3) is 11.3 Å². The van der Waals surface area contributed by atoms with E-state index in [9.17, 15) is 0 Å². The van der Waals surface area contributed by atoms with Gasteiger partial charge in [-0.25, -0.2) is 9.97 Å². The van der Waals surface area contributed by atoms with Gasteiger partial charge in [0.15, 0.2) is 5.13 Å². The minimum Gasteiger partial charge on any atom is -0.316 e. The van der Waals surface area contributed by atoms with Gasteiger partial charge in [0.2, 0.25) is 0 Å². The van der Waals surface area contributed by atoms with Gasteiger partial charge in [0.05, 0.1) is 11.9 Å². The lowest BCUT2D eigenvalue weighted by Crippen LogP contribution is -1.94. The molecule has 1 aliphatic rings. The van der Waals surface area contributed by atoms with Crippen LogP contribution in [0.2, 0.25) is 0 Å². The molecular weight excluding hydrogens is 282 g/mol. The molecule has 0 unspecified atom stereocenters. The van der Waals surface area contributed by atoms with Crippen molar-refractivity contribution in [3.63, 3.8) is 0 Å². The first-order valence-corrected chi connectivity index (χ1v) is 7.84.